The van der Waals surface area contributed by atoms with Crippen LogP contribution in [-0.2, 0) is 0 Å². The van der Waals surface area contributed by atoms with Crippen LogP contribution < -0.4 is 9.47 Å². The van der Waals surface area contributed by atoms with Crippen LogP contribution in [0, 0.1) is 0 Å². The molecule has 0 saturated carbocycles. The molecule has 0 aliphatic carbocycles. The van der Waals surface area contributed by atoms with Crippen LogP contribution in [0.25, 0.3) is 0 Å². The van der Waals surface area contributed by atoms with Gasteiger partial charge < -0.3 is 14.6 Å². The fourth-order valence-corrected chi connectivity index (χ4v) is 2.90. The van der Waals surface area contributed by atoms with E-state index in [1.165, 1.54) is 0 Å². The minimum absolute atomic E-state index is 0.216. The molecule has 2 aromatic rings. The van der Waals surface area contributed by atoms with Crippen LogP contribution in [0.2, 0.25) is 5.02 Å². The van der Waals surface area contributed by atoms with Crippen LogP contribution in [0.4, 0.5) is 0 Å². The number of hydrogen-bond acceptors (Lipinski definition) is 3. The van der Waals surface area contributed by atoms with E-state index in [-0.39, 0.29) is 6.10 Å². The van der Waals surface area contributed by atoms with E-state index in [2.05, 4.69) is 15.9 Å². The SMILES string of the molecule is COc1ccc2c(c1)[C@@H](O)CC(c1ccc(Br)c(Cl)c1)O2. The maximum absolute atomic E-state index is 10.4. The smallest absolute Gasteiger partial charge is 0.127 e. The number of benzene rings is 2. The summed E-state index contributed by atoms with van der Waals surface area (Å²) in [5.74, 6) is 1.39. The quantitative estimate of drug-likeness (QED) is 0.836. The lowest BCUT2D eigenvalue weighted by Gasteiger charge is -2.30. The summed E-state index contributed by atoms with van der Waals surface area (Å²) in [5.41, 5.74) is 1.71. The van der Waals surface area contributed by atoms with Gasteiger partial charge in [0.25, 0.3) is 0 Å². The molecule has 0 fully saturated rings. The Balaban J connectivity index is 1.92. The first kappa shape index (κ1) is 14.7. The molecule has 21 heavy (non-hydrogen) atoms. The lowest BCUT2D eigenvalue weighted by Crippen LogP contribution is -2.19. The van der Waals surface area contributed by atoms with Crippen molar-refractivity contribution in [3.63, 3.8) is 0 Å². The largest absolute Gasteiger partial charge is 0.497 e. The zero-order valence-electron chi connectivity index (χ0n) is 11.3. The minimum atomic E-state index is -0.587. The van der Waals surface area contributed by atoms with Crippen LogP contribution in [0.15, 0.2) is 40.9 Å². The van der Waals surface area contributed by atoms with Crippen molar-refractivity contribution in [3.05, 3.63) is 57.0 Å². The van der Waals surface area contributed by atoms with Gasteiger partial charge in [0, 0.05) is 16.5 Å². The Hall–Kier alpha value is -1.23. The van der Waals surface area contributed by atoms with Crippen molar-refractivity contribution in [1.29, 1.82) is 0 Å². The van der Waals surface area contributed by atoms with E-state index in [1.807, 2.05) is 36.4 Å². The van der Waals surface area contributed by atoms with Crippen LogP contribution >= 0.6 is 27.5 Å². The highest BCUT2D eigenvalue weighted by molar-refractivity contribution is 9.10. The van der Waals surface area contributed by atoms with E-state index in [4.69, 9.17) is 21.1 Å². The van der Waals surface area contributed by atoms with Gasteiger partial charge in [-0.3, -0.25) is 0 Å². The highest BCUT2D eigenvalue weighted by Crippen LogP contribution is 2.42. The van der Waals surface area contributed by atoms with E-state index < -0.39 is 6.10 Å². The van der Waals surface area contributed by atoms with Crippen molar-refractivity contribution >= 4 is 27.5 Å². The summed E-state index contributed by atoms with van der Waals surface area (Å²) in [6, 6.07) is 11.1. The van der Waals surface area contributed by atoms with Crippen molar-refractivity contribution in [2.45, 2.75) is 18.6 Å². The number of hydrogen-bond donors (Lipinski definition) is 1. The molecule has 1 N–H and O–H groups in total. The Bertz CT molecular complexity index is 675. The first-order chi connectivity index (χ1) is 10.1. The van der Waals surface area contributed by atoms with Crippen molar-refractivity contribution in [3.8, 4) is 11.5 Å². The Morgan fingerprint density at radius 2 is 2.10 bits per heavy atom. The molecule has 110 valence electrons. The molecule has 0 spiro atoms. The molecule has 5 heteroatoms. The molecule has 1 aliphatic rings. The van der Waals surface area contributed by atoms with E-state index in [9.17, 15) is 5.11 Å². The summed E-state index contributed by atoms with van der Waals surface area (Å²) in [6.07, 6.45) is -0.319. The normalized spacial score (nSPS) is 20.6. The average Bonchev–Trinajstić information content (AvgIpc) is 2.49. The van der Waals surface area contributed by atoms with Gasteiger partial charge in [-0.25, -0.2) is 0 Å². The second-order valence-electron chi connectivity index (χ2n) is 4.94. The topological polar surface area (TPSA) is 38.7 Å². The second kappa shape index (κ2) is 5.87. The van der Waals surface area contributed by atoms with Gasteiger partial charge in [0.15, 0.2) is 0 Å². The van der Waals surface area contributed by atoms with E-state index in [0.29, 0.717) is 22.9 Å². The van der Waals surface area contributed by atoms with Crippen molar-refractivity contribution < 1.29 is 14.6 Å². The van der Waals surface area contributed by atoms with E-state index >= 15 is 0 Å². The molecule has 0 amide bonds. The standard InChI is InChI=1S/C16H14BrClO3/c1-20-10-3-5-15-11(7-10)14(19)8-16(21-15)9-2-4-12(17)13(18)6-9/h2-7,14,16,19H,8H2,1H3/t14-,16?/m0/s1. The van der Waals surface area contributed by atoms with Gasteiger partial charge in [0.1, 0.15) is 17.6 Å². The molecular weight excluding hydrogens is 356 g/mol. The van der Waals surface area contributed by atoms with Crippen LogP contribution in [0.1, 0.15) is 29.8 Å². The van der Waals surface area contributed by atoms with Gasteiger partial charge in [-0.15, -0.1) is 0 Å². The van der Waals surface area contributed by atoms with Gasteiger partial charge in [-0.2, -0.15) is 0 Å². The maximum atomic E-state index is 10.4. The molecule has 0 bridgehead atoms. The van der Waals surface area contributed by atoms with Crippen molar-refractivity contribution in [2.75, 3.05) is 7.11 Å². The fourth-order valence-electron chi connectivity index (χ4n) is 2.47. The fraction of sp³-hybridized carbons (Fsp3) is 0.250. The van der Waals surface area contributed by atoms with Gasteiger partial charge in [-0.1, -0.05) is 17.7 Å². The number of fused-ring (bicyclic) bond motifs is 1. The molecule has 0 aromatic heterocycles. The molecular formula is C16H14BrClO3. The van der Waals surface area contributed by atoms with Crippen LogP contribution in [0.3, 0.4) is 0 Å². The van der Waals surface area contributed by atoms with Crippen molar-refractivity contribution in [2.24, 2.45) is 0 Å². The maximum Gasteiger partial charge on any atom is 0.127 e. The Labute approximate surface area is 136 Å². The lowest BCUT2D eigenvalue weighted by molar-refractivity contribution is 0.0654. The predicted octanol–water partition coefficient (Wildman–Crippen LogP) is 4.67. The number of halogens is 2. The molecule has 3 nitrogen and oxygen atoms in total. The molecule has 0 saturated heterocycles. The Morgan fingerprint density at radius 3 is 2.81 bits per heavy atom. The highest BCUT2D eigenvalue weighted by Gasteiger charge is 2.28. The number of aliphatic hydroxyl groups excluding tert-OH is 1. The first-order valence-electron chi connectivity index (χ1n) is 6.56. The third-order valence-electron chi connectivity index (χ3n) is 3.60. The van der Waals surface area contributed by atoms with Gasteiger partial charge >= 0.3 is 0 Å². The summed E-state index contributed by atoms with van der Waals surface area (Å²) in [4.78, 5) is 0. The third kappa shape index (κ3) is 2.89. The summed E-state index contributed by atoms with van der Waals surface area (Å²) < 4.78 is 12.0. The van der Waals surface area contributed by atoms with Crippen molar-refractivity contribution in [1.82, 2.24) is 0 Å². The van der Waals surface area contributed by atoms with Crippen LogP contribution in [0.5, 0.6) is 11.5 Å². The summed E-state index contributed by atoms with van der Waals surface area (Å²) in [7, 11) is 1.60. The first-order valence-corrected chi connectivity index (χ1v) is 7.73. The van der Waals surface area contributed by atoms with Gasteiger partial charge in [0.05, 0.1) is 18.2 Å². The number of rotatable bonds is 2. The molecule has 0 radical (unpaired) electrons. The zero-order chi connectivity index (χ0) is 15.0. The summed E-state index contributed by atoms with van der Waals surface area (Å²) in [5, 5.41) is 11.0. The number of aliphatic hydroxyl groups is 1. The molecule has 3 rings (SSSR count). The molecule has 2 aromatic carbocycles. The number of ether oxygens (including phenoxy) is 2. The lowest BCUT2D eigenvalue weighted by atomic mass is 9.95. The van der Waals surface area contributed by atoms with Crippen LogP contribution in [-0.4, -0.2) is 12.2 Å². The molecule has 1 heterocycles. The minimum Gasteiger partial charge on any atom is -0.497 e. The average molecular weight is 370 g/mol. The van der Waals surface area contributed by atoms with Gasteiger partial charge in [-0.05, 0) is 51.8 Å². The Kier molecular flexibility index (Phi) is 4.11. The summed E-state index contributed by atoms with van der Waals surface area (Å²) in [6.45, 7) is 0. The second-order valence-corrected chi connectivity index (χ2v) is 6.20. The predicted molar refractivity (Wildman–Crippen MR) is 85.1 cm³/mol. The van der Waals surface area contributed by atoms with Gasteiger partial charge in [0.2, 0.25) is 0 Å². The molecule has 1 aliphatic heterocycles. The third-order valence-corrected chi connectivity index (χ3v) is 4.83. The monoisotopic (exact) mass is 368 g/mol. The van der Waals surface area contributed by atoms with E-state index in [1.54, 1.807) is 7.11 Å². The molecule has 1 unspecified atom stereocenters. The number of methoxy groups -OCH3 is 1. The summed E-state index contributed by atoms with van der Waals surface area (Å²) >= 11 is 9.50. The highest BCUT2D eigenvalue weighted by atomic mass is 79.9. The van der Waals surface area contributed by atoms with E-state index in [0.717, 1.165) is 15.6 Å². The zero-order valence-corrected chi connectivity index (χ0v) is 13.7. The molecule has 2 atom stereocenters. The Morgan fingerprint density at radius 1 is 1.29 bits per heavy atom.